The van der Waals surface area contributed by atoms with Crippen LogP contribution in [0, 0.1) is 11.7 Å². The van der Waals surface area contributed by atoms with Crippen molar-refractivity contribution < 1.29 is 18.4 Å². The summed E-state index contributed by atoms with van der Waals surface area (Å²) < 4.78 is 18.2. The lowest BCUT2D eigenvalue weighted by molar-refractivity contribution is -0.125. The topological polar surface area (TPSA) is 86.6 Å². The molecule has 1 saturated heterocycles. The normalized spacial score (nSPS) is 19.7. The van der Waals surface area contributed by atoms with E-state index in [9.17, 15) is 14.0 Å². The zero-order chi connectivity index (χ0) is 21.3. The number of likely N-dealkylation sites (tertiary alicyclic amines) is 1. The fourth-order valence-corrected chi connectivity index (χ4v) is 3.68. The summed E-state index contributed by atoms with van der Waals surface area (Å²) in [5.41, 5.74) is 0.691. The third-order valence-electron chi connectivity index (χ3n) is 5.21. The molecule has 1 fully saturated rings. The predicted octanol–water partition coefficient (Wildman–Crippen LogP) is 2.02. The molecule has 0 saturated carbocycles. The van der Waals surface area contributed by atoms with Crippen molar-refractivity contribution in [3.8, 4) is 0 Å². The van der Waals surface area contributed by atoms with E-state index in [1.807, 2.05) is 19.2 Å². The van der Waals surface area contributed by atoms with Gasteiger partial charge in [-0.25, -0.2) is 4.39 Å². The van der Waals surface area contributed by atoms with Crippen LogP contribution in [0.4, 0.5) is 10.1 Å². The lowest BCUT2D eigenvalue weighted by atomic mass is 10.0. The van der Waals surface area contributed by atoms with Gasteiger partial charge in [-0.2, -0.15) is 0 Å². The van der Waals surface area contributed by atoms with Crippen molar-refractivity contribution in [1.82, 2.24) is 15.5 Å². The minimum Gasteiger partial charge on any atom is -0.469 e. The van der Waals surface area contributed by atoms with Gasteiger partial charge in [0.1, 0.15) is 11.6 Å². The first-order chi connectivity index (χ1) is 14.5. The van der Waals surface area contributed by atoms with E-state index in [1.54, 1.807) is 18.4 Å². The number of carbonyl (C=O) groups excluding carboxylic acids is 2. The van der Waals surface area contributed by atoms with Crippen molar-refractivity contribution in [3.05, 3.63) is 54.2 Å². The van der Waals surface area contributed by atoms with Crippen LogP contribution >= 0.6 is 0 Å². The molecule has 2 atom stereocenters. The van der Waals surface area contributed by atoms with Gasteiger partial charge in [-0.3, -0.25) is 9.59 Å². The summed E-state index contributed by atoms with van der Waals surface area (Å²) in [6.07, 6.45) is 3.75. The molecule has 3 rings (SSSR count). The molecule has 1 aromatic carbocycles. The van der Waals surface area contributed by atoms with Crippen LogP contribution in [0.3, 0.4) is 0 Å². The van der Waals surface area contributed by atoms with E-state index < -0.39 is 0 Å². The van der Waals surface area contributed by atoms with E-state index in [0.29, 0.717) is 38.2 Å². The average Bonchev–Trinajstić information content (AvgIpc) is 3.16. The summed E-state index contributed by atoms with van der Waals surface area (Å²) in [7, 11) is 1.96. The third kappa shape index (κ3) is 6.88. The molecule has 2 amide bonds. The van der Waals surface area contributed by atoms with Gasteiger partial charge in [-0.05, 0) is 56.3 Å². The molecule has 1 aliphatic rings. The van der Waals surface area contributed by atoms with Crippen LogP contribution in [0.2, 0.25) is 0 Å². The first kappa shape index (κ1) is 21.8. The largest absolute Gasteiger partial charge is 0.469 e. The minimum atomic E-state index is -0.314. The highest BCUT2D eigenvalue weighted by atomic mass is 19.1. The van der Waals surface area contributed by atoms with E-state index in [-0.39, 0.29) is 36.1 Å². The van der Waals surface area contributed by atoms with Crippen LogP contribution < -0.4 is 16.0 Å². The maximum atomic E-state index is 12.9. The molecular weight excluding hydrogens is 387 g/mol. The second-order valence-corrected chi connectivity index (χ2v) is 7.74. The van der Waals surface area contributed by atoms with Crippen molar-refractivity contribution >= 4 is 17.5 Å². The third-order valence-corrected chi connectivity index (χ3v) is 5.21. The summed E-state index contributed by atoms with van der Waals surface area (Å²) in [5.74, 6) is 0.347. The number of amides is 2. The Bertz CT molecular complexity index is 810. The second-order valence-electron chi connectivity index (χ2n) is 7.74. The molecule has 30 heavy (non-hydrogen) atoms. The molecule has 1 aromatic heterocycles. The lowest BCUT2D eigenvalue weighted by Gasteiger charge is -2.22. The van der Waals surface area contributed by atoms with Gasteiger partial charge in [0.25, 0.3) is 0 Å². The zero-order valence-electron chi connectivity index (χ0n) is 17.2. The minimum absolute atomic E-state index is 0.0153. The Kier molecular flexibility index (Phi) is 7.84. The number of hydrogen-bond acceptors (Lipinski definition) is 5. The summed E-state index contributed by atoms with van der Waals surface area (Å²) in [4.78, 5) is 26.9. The van der Waals surface area contributed by atoms with E-state index >= 15 is 0 Å². The van der Waals surface area contributed by atoms with E-state index in [4.69, 9.17) is 4.42 Å². The molecule has 162 valence electrons. The Morgan fingerprint density at radius 1 is 1.17 bits per heavy atom. The molecule has 3 N–H and O–H groups in total. The van der Waals surface area contributed by atoms with Gasteiger partial charge < -0.3 is 25.3 Å². The number of rotatable bonds is 8. The summed E-state index contributed by atoms with van der Waals surface area (Å²) in [5, 5.41) is 9.00. The highest BCUT2D eigenvalue weighted by Gasteiger charge is 2.27. The molecule has 8 heteroatoms. The maximum Gasteiger partial charge on any atom is 0.239 e. The van der Waals surface area contributed by atoms with Crippen LogP contribution in [0.15, 0.2) is 47.1 Å². The molecule has 0 spiro atoms. The standard InChI is InChI=1S/C22H29FN4O3/c1-27-14-16(22(29)24-11-10-20-3-2-12-30-20)4-7-19(15-27)26-21(28)13-25-18-8-5-17(23)6-9-18/h2-3,5-6,8-9,12,16,19,25H,4,7,10-11,13-15H2,1H3,(H,24,29)(H,26,28)/t16-,19+/m1/s1. The first-order valence-corrected chi connectivity index (χ1v) is 10.3. The van der Waals surface area contributed by atoms with Gasteiger partial charge in [0.15, 0.2) is 0 Å². The molecule has 0 unspecified atom stereocenters. The van der Waals surface area contributed by atoms with Crippen molar-refractivity contribution in [2.75, 3.05) is 38.5 Å². The van der Waals surface area contributed by atoms with Crippen LogP contribution in [0.25, 0.3) is 0 Å². The van der Waals surface area contributed by atoms with E-state index in [0.717, 1.165) is 12.2 Å². The first-order valence-electron chi connectivity index (χ1n) is 10.3. The number of halogens is 1. The molecule has 0 aliphatic carbocycles. The van der Waals surface area contributed by atoms with Gasteiger partial charge in [-0.15, -0.1) is 0 Å². The highest BCUT2D eigenvalue weighted by molar-refractivity contribution is 5.81. The van der Waals surface area contributed by atoms with E-state index in [1.165, 1.54) is 12.1 Å². The highest BCUT2D eigenvalue weighted by Crippen LogP contribution is 2.16. The Balaban J connectivity index is 1.40. The van der Waals surface area contributed by atoms with Gasteiger partial charge in [-0.1, -0.05) is 0 Å². The van der Waals surface area contributed by atoms with Crippen molar-refractivity contribution in [1.29, 1.82) is 0 Å². The van der Waals surface area contributed by atoms with Crippen molar-refractivity contribution in [3.63, 3.8) is 0 Å². The summed E-state index contributed by atoms with van der Waals surface area (Å²) in [6.45, 7) is 2.01. The van der Waals surface area contributed by atoms with Crippen LogP contribution in [-0.2, 0) is 16.0 Å². The molecular formula is C22H29FN4O3. The van der Waals surface area contributed by atoms with Crippen LogP contribution in [-0.4, -0.2) is 56.0 Å². The Morgan fingerprint density at radius 2 is 1.97 bits per heavy atom. The van der Waals surface area contributed by atoms with Gasteiger partial charge in [0.05, 0.1) is 18.7 Å². The number of nitrogens with one attached hydrogen (secondary N) is 3. The van der Waals surface area contributed by atoms with Gasteiger partial charge in [0.2, 0.25) is 11.8 Å². The quantitative estimate of drug-likeness (QED) is 0.613. The SMILES string of the molecule is CN1C[C@@H](NC(=O)CNc2ccc(F)cc2)CC[C@@H](C(=O)NCCc2ccco2)C1. The molecule has 2 heterocycles. The monoisotopic (exact) mass is 416 g/mol. The number of likely N-dealkylation sites (N-methyl/N-ethyl adjacent to an activating group) is 1. The molecule has 7 nitrogen and oxygen atoms in total. The molecule has 0 radical (unpaired) electrons. The Morgan fingerprint density at radius 3 is 2.70 bits per heavy atom. The Hall–Kier alpha value is -2.87. The number of benzene rings is 1. The number of furan rings is 1. The van der Waals surface area contributed by atoms with Crippen LogP contribution in [0.5, 0.6) is 0 Å². The van der Waals surface area contributed by atoms with Crippen LogP contribution in [0.1, 0.15) is 18.6 Å². The second kappa shape index (κ2) is 10.8. The molecule has 2 aromatic rings. The van der Waals surface area contributed by atoms with Gasteiger partial charge in [0, 0.05) is 37.8 Å². The number of anilines is 1. The average molecular weight is 416 g/mol. The fraction of sp³-hybridized carbons (Fsp3) is 0.455. The van der Waals surface area contributed by atoms with Crippen molar-refractivity contribution in [2.45, 2.75) is 25.3 Å². The lowest BCUT2D eigenvalue weighted by Crippen LogP contribution is -2.43. The smallest absolute Gasteiger partial charge is 0.239 e. The van der Waals surface area contributed by atoms with Gasteiger partial charge >= 0.3 is 0 Å². The molecule has 0 bridgehead atoms. The van der Waals surface area contributed by atoms with E-state index in [2.05, 4.69) is 20.9 Å². The molecule has 1 aliphatic heterocycles. The Labute approximate surface area is 176 Å². The van der Waals surface area contributed by atoms with Crippen molar-refractivity contribution in [2.24, 2.45) is 5.92 Å². The number of carbonyl (C=O) groups is 2. The fourth-order valence-electron chi connectivity index (χ4n) is 3.68. The number of hydrogen-bond donors (Lipinski definition) is 3. The predicted molar refractivity (Wildman–Crippen MR) is 112 cm³/mol. The summed E-state index contributed by atoms with van der Waals surface area (Å²) in [6, 6.07) is 9.60. The maximum absolute atomic E-state index is 12.9. The summed E-state index contributed by atoms with van der Waals surface area (Å²) >= 11 is 0. The number of nitrogens with zero attached hydrogens (tertiary/aromatic N) is 1. The zero-order valence-corrected chi connectivity index (χ0v) is 17.2.